The summed E-state index contributed by atoms with van der Waals surface area (Å²) in [6.07, 6.45) is 0. The molecule has 0 bridgehead atoms. The Morgan fingerprint density at radius 2 is 0.509 bits per heavy atom. The molecule has 0 saturated carbocycles. The van der Waals surface area contributed by atoms with Gasteiger partial charge in [-0.2, -0.15) is 0 Å². The Morgan fingerprint density at radius 3 is 0.945 bits per heavy atom. The third kappa shape index (κ3) is 6.36. The lowest BCUT2D eigenvalue weighted by Crippen LogP contribution is -2.00. The van der Waals surface area contributed by atoms with Crippen LogP contribution in [0.15, 0.2) is 205 Å². The van der Waals surface area contributed by atoms with Crippen molar-refractivity contribution >= 4 is 21.9 Å². The van der Waals surface area contributed by atoms with Crippen LogP contribution in [0.2, 0.25) is 0 Å². The fourth-order valence-corrected chi connectivity index (χ4v) is 7.23. The molecule has 4 heteroatoms. The molecule has 55 heavy (non-hydrogen) atoms. The Hall–Kier alpha value is -7.43. The van der Waals surface area contributed by atoms with E-state index >= 15 is 0 Å². The van der Waals surface area contributed by atoms with Crippen LogP contribution >= 0.6 is 0 Å². The van der Waals surface area contributed by atoms with Crippen molar-refractivity contribution in [3.63, 3.8) is 0 Å². The van der Waals surface area contributed by atoms with Gasteiger partial charge in [0.2, 0.25) is 0 Å². The third-order valence-corrected chi connectivity index (χ3v) is 10.2. The highest BCUT2D eigenvalue weighted by Crippen LogP contribution is 2.36. The van der Waals surface area contributed by atoms with E-state index in [0.717, 1.165) is 55.3 Å². The van der Waals surface area contributed by atoms with Crippen LogP contribution in [0.5, 0.6) is 0 Å². The molecule has 0 amide bonds. The summed E-state index contributed by atoms with van der Waals surface area (Å²) in [6.45, 7) is 0. The molecule has 0 fully saturated rings. The second kappa shape index (κ2) is 13.8. The fourth-order valence-electron chi connectivity index (χ4n) is 7.23. The Bertz CT molecular complexity index is 2920. The van der Waals surface area contributed by atoms with Crippen LogP contribution in [0.1, 0.15) is 0 Å². The Balaban J connectivity index is 0.963. The number of aromatic nitrogens is 3. The minimum Gasteiger partial charge on any atom is -0.456 e. The Kier molecular flexibility index (Phi) is 8.12. The Morgan fingerprint density at radius 1 is 0.236 bits per heavy atom. The van der Waals surface area contributed by atoms with Gasteiger partial charge >= 0.3 is 0 Å². The maximum Gasteiger partial charge on any atom is 0.164 e. The van der Waals surface area contributed by atoms with Crippen LogP contribution in [0.4, 0.5) is 0 Å². The second-order valence-electron chi connectivity index (χ2n) is 13.7. The highest BCUT2D eigenvalue weighted by molar-refractivity contribution is 6.06. The monoisotopic (exact) mass is 703 g/mol. The summed E-state index contributed by atoms with van der Waals surface area (Å²) in [5.41, 5.74) is 13.7. The average molecular weight is 704 g/mol. The number of benzene rings is 8. The first-order chi connectivity index (χ1) is 27.2. The molecule has 0 aliphatic heterocycles. The molecule has 10 aromatic rings. The lowest BCUT2D eigenvalue weighted by Gasteiger charge is -2.09. The first-order valence-corrected chi connectivity index (χ1v) is 18.4. The number of furan rings is 1. The summed E-state index contributed by atoms with van der Waals surface area (Å²) in [6, 6.07) is 69.4. The Labute approximate surface area is 319 Å². The van der Waals surface area contributed by atoms with Crippen LogP contribution in [-0.4, -0.2) is 15.0 Å². The molecule has 8 aromatic carbocycles. The van der Waals surface area contributed by atoms with E-state index in [9.17, 15) is 0 Å². The summed E-state index contributed by atoms with van der Waals surface area (Å²) in [4.78, 5) is 14.9. The first kappa shape index (κ1) is 32.2. The molecule has 0 unspecified atom stereocenters. The predicted molar refractivity (Wildman–Crippen MR) is 225 cm³/mol. The van der Waals surface area contributed by atoms with Crippen molar-refractivity contribution < 1.29 is 4.42 Å². The van der Waals surface area contributed by atoms with Crippen molar-refractivity contribution in [1.29, 1.82) is 0 Å². The predicted octanol–water partition coefficient (Wildman–Crippen LogP) is 13.4. The second-order valence-corrected chi connectivity index (χ2v) is 13.7. The van der Waals surface area contributed by atoms with Crippen molar-refractivity contribution in [1.82, 2.24) is 15.0 Å². The summed E-state index contributed by atoms with van der Waals surface area (Å²) in [7, 11) is 0. The summed E-state index contributed by atoms with van der Waals surface area (Å²) in [5.74, 6) is 1.83. The molecule has 0 saturated heterocycles. The zero-order valence-electron chi connectivity index (χ0n) is 29.8. The van der Waals surface area contributed by atoms with Crippen LogP contribution in [0, 0.1) is 0 Å². The van der Waals surface area contributed by atoms with Crippen LogP contribution in [-0.2, 0) is 0 Å². The summed E-state index contributed by atoms with van der Waals surface area (Å²) < 4.78 is 6.53. The number of hydrogen-bond donors (Lipinski definition) is 0. The van der Waals surface area contributed by atoms with E-state index in [4.69, 9.17) is 19.4 Å². The van der Waals surface area contributed by atoms with E-state index in [1.807, 2.05) is 48.5 Å². The first-order valence-electron chi connectivity index (χ1n) is 18.4. The highest BCUT2D eigenvalue weighted by atomic mass is 16.3. The molecule has 0 radical (unpaired) electrons. The van der Waals surface area contributed by atoms with Crippen LogP contribution < -0.4 is 0 Å². The molecule has 4 nitrogen and oxygen atoms in total. The third-order valence-electron chi connectivity index (χ3n) is 10.2. The van der Waals surface area contributed by atoms with Gasteiger partial charge in [-0.3, -0.25) is 0 Å². The van der Waals surface area contributed by atoms with Crippen molar-refractivity contribution in [3.05, 3.63) is 200 Å². The summed E-state index contributed by atoms with van der Waals surface area (Å²) >= 11 is 0. The molecule has 2 heterocycles. The molecule has 0 atom stereocenters. The molecular weight excluding hydrogens is 671 g/mol. The van der Waals surface area contributed by atoms with Gasteiger partial charge in [0.05, 0.1) is 0 Å². The van der Waals surface area contributed by atoms with Gasteiger partial charge in [-0.15, -0.1) is 0 Å². The van der Waals surface area contributed by atoms with E-state index in [1.165, 1.54) is 27.8 Å². The van der Waals surface area contributed by atoms with Gasteiger partial charge in [-0.05, 0) is 68.8 Å². The van der Waals surface area contributed by atoms with Crippen molar-refractivity contribution in [2.24, 2.45) is 0 Å². The SMILES string of the molecule is c1ccc(-c2ccc(-c3ccc(-c4ccc5c(c4)oc4cc(-c6nc(-c7ccccc7)nc(-c7ccc(-c8ccccc8)cc7)n6)ccc45)cc3)cc2)cc1. The zero-order chi connectivity index (χ0) is 36.6. The zero-order valence-corrected chi connectivity index (χ0v) is 29.8. The molecule has 0 aliphatic rings. The van der Waals surface area contributed by atoms with Gasteiger partial charge in [0.15, 0.2) is 17.5 Å². The quantitative estimate of drug-likeness (QED) is 0.166. The molecule has 0 spiro atoms. The van der Waals surface area contributed by atoms with Crippen molar-refractivity contribution in [3.8, 4) is 78.7 Å². The fraction of sp³-hybridized carbons (Fsp3) is 0. The van der Waals surface area contributed by atoms with E-state index in [0.29, 0.717) is 17.5 Å². The summed E-state index contributed by atoms with van der Waals surface area (Å²) in [5, 5.41) is 2.12. The largest absolute Gasteiger partial charge is 0.456 e. The molecular formula is C51H33N3O. The molecule has 0 N–H and O–H groups in total. The maximum atomic E-state index is 6.53. The highest BCUT2D eigenvalue weighted by Gasteiger charge is 2.15. The van der Waals surface area contributed by atoms with E-state index in [1.54, 1.807) is 0 Å². The van der Waals surface area contributed by atoms with Crippen molar-refractivity contribution in [2.75, 3.05) is 0 Å². The van der Waals surface area contributed by atoms with Crippen LogP contribution in [0.25, 0.3) is 101 Å². The van der Waals surface area contributed by atoms with Gasteiger partial charge < -0.3 is 4.42 Å². The normalized spacial score (nSPS) is 11.3. The minimum absolute atomic E-state index is 0.592. The topological polar surface area (TPSA) is 51.8 Å². The lowest BCUT2D eigenvalue weighted by atomic mass is 9.97. The molecule has 258 valence electrons. The van der Waals surface area contributed by atoms with Gasteiger partial charge in [0.1, 0.15) is 11.2 Å². The maximum absolute atomic E-state index is 6.53. The lowest BCUT2D eigenvalue weighted by molar-refractivity contribution is 0.669. The molecule has 2 aromatic heterocycles. The van der Waals surface area contributed by atoms with Gasteiger partial charge in [-0.1, -0.05) is 176 Å². The van der Waals surface area contributed by atoms with E-state index in [2.05, 4.69) is 152 Å². The standard InChI is InChI=1S/C51H33N3O/c1-4-10-34(11-5-1)36-16-18-38(19-17-36)39-20-22-40(23-21-39)43-28-30-45-46-31-29-44(33-48(46)55-47(45)32-43)51-53-49(41-14-8-3-9-15-41)52-50(54-51)42-26-24-37(25-27-42)35-12-6-2-7-13-35/h1-33H. The smallest absolute Gasteiger partial charge is 0.164 e. The van der Waals surface area contributed by atoms with E-state index < -0.39 is 0 Å². The molecule has 10 rings (SSSR count). The number of fused-ring (bicyclic) bond motifs is 3. The number of rotatable bonds is 7. The van der Waals surface area contributed by atoms with Crippen LogP contribution in [0.3, 0.4) is 0 Å². The number of nitrogens with zero attached hydrogens (tertiary/aromatic N) is 3. The van der Waals surface area contributed by atoms with E-state index in [-0.39, 0.29) is 0 Å². The minimum atomic E-state index is 0.592. The average Bonchev–Trinajstić information content (AvgIpc) is 3.65. The molecule has 0 aliphatic carbocycles. The van der Waals surface area contributed by atoms with Crippen molar-refractivity contribution in [2.45, 2.75) is 0 Å². The number of hydrogen-bond acceptors (Lipinski definition) is 4. The van der Waals surface area contributed by atoms with Gasteiger partial charge in [0, 0.05) is 27.5 Å². The van der Waals surface area contributed by atoms with Gasteiger partial charge in [-0.25, -0.2) is 15.0 Å². The van der Waals surface area contributed by atoms with Gasteiger partial charge in [0.25, 0.3) is 0 Å².